The maximum Gasteiger partial charge on any atom is 0.337 e. The Morgan fingerprint density at radius 1 is 0.800 bits per heavy atom. The molecule has 2 rings (SSSR count). The number of ether oxygens (including phenoxy) is 3. The number of hydrogen-bond acceptors (Lipinski definition) is 6. The highest BCUT2D eigenvalue weighted by molar-refractivity contribution is 6.06. The Hall–Kier alpha value is -3.67. The smallest absolute Gasteiger partial charge is 0.337 e. The Labute approximate surface area is 207 Å². The van der Waals surface area contributed by atoms with Gasteiger partial charge in [-0.25, -0.2) is 9.59 Å². The van der Waals surface area contributed by atoms with E-state index in [9.17, 15) is 14.4 Å². The van der Waals surface area contributed by atoms with Crippen LogP contribution < -0.4 is 4.74 Å². The molecule has 0 fully saturated rings. The molecule has 6 nitrogen and oxygen atoms in total. The first-order valence-electron chi connectivity index (χ1n) is 11.9. The highest BCUT2D eigenvalue weighted by Crippen LogP contribution is 2.15. The number of hydrogen-bond donors (Lipinski definition) is 0. The number of esters is 2. The standard InChI is InChI=1S/C29H34O6/c1-22(2)28(31)35-21-9-7-5-4-6-8-20-34-26-17-15-24(16-18-26)27(30)19-12-23-10-13-25(14-11-23)29(32)33-3/h10-19H,1,4-9,20-21H2,2-3H3/b19-12+. The molecular weight excluding hydrogens is 444 g/mol. The number of benzene rings is 2. The average Bonchev–Trinajstić information content (AvgIpc) is 2.88. The maximum atomic E-state index is 12.4. The van der Waals surface area contributed by atoms with Crippen LogP contribution in [0.25, 0.3) is 6.08 Å². The fraction of sp³-hybridized carbons (Fsp3) is 0.345. The highest BCUT2D eigenvalue weighted by Gasteiger charge is 2.05. The third kappa shape index (κ3) is 10.4. The van der Waals surface area contributed by atoms with Gasteiger partial charge in [-0.15, -0.1) is 0 Å². The van der Waals surface area contributed by atoms with Crippen molar-refractivity contribution in [2.24, 2.45) is 0 Å². The van der Waals surface area contributed by atoms with E-state index in [2.05, 4.69) is 11.3 Å². The van der Waals surface area contributed by atoms with E-state index < -0.39 is 5.97 Å². The summed E-state index contributed by atoms with van der Waals surface area (Å²) in [4.78, 5) is 35.2. The van der Waals surface area contributed by atoms with E-state index >= 15 is 0 Å². The molecule has 0 aliphatic carbocycles. The third-order valence-electron chi connectivity index (χ3n) is 5.29. The molecular formula is C29H34O6. The van der Waals surface area contributed by atoms with Crippen molar-refractivity contribution in [3.8, 4) is 5.75 Å². The van der Waals surface area contributed by atoms with E-state index in [1.165, 1.54) is 13.2 Å². The number of unbranched alkanes of at least 4 members (excludes halogenated alkanes) is 5. The summed E-state index contributed by atoms with van der Waals surface area (Å²) in [5.41, 5.74) is 2.29. The van der Waals surface area contributed by atoms with Crippen LogP contribution in [0.4, 0.5) is 0 Å². The molecule has 0 saturated heterocycles. The fourth-order valence-electron chi connectivity index (χ4n) is 3.22. The van der Waals surface area contributed by atoms with Crippen LogP contribution in [0.5, 0.6) is 5.75 Å². The van der Waals surface area contributed by atoms with Crippen molar-refractivity contribution in [3.63, 3.8) is 0 Å². The van der Waals surface area contributed by atoms with E-state index in [1.54, 1.807) is 61.5 Å². The Balaban J connectivity index is 1.62. The van der Waals surface area contributed by atoms with Crippen LogP contribution in [0, 0.1) is 0 Å². The second-order valence-corrected chi connectivity index (χ2v) is 8.22. The van der Waals surface area contributed by atoms with Crippen LogP contribution in [-0.4, -0.2) is 38.0 Å². The van der Waals surface area contributed by atoms with Gasteiger partial charge in [0.15, 0.2) is 5.78 Å². The second-order valence-electron chi connectivity index (χ2n) is 8.22. The van der Waals surface area contributed by atoms with E-state index in [0.29, 0.717) is 29.9 Å². The van der Waals surface area contributed by atoms with Crippen LogP contribution in [0.1, 0.15) is 71.7 Å². The molecule has 2 aromatic rings. The van der Waals surface area contributed by atoms with Gasteiger partial charge in [0.2, 0.25) is 0 Å². The zero-order valence-electron chi connectivity index (χ0n) is 20.6. The van der Waals surface area contributed by atoms with E-state index in [0.717, 1.165) is 49.8 Å². The number of carbonyl (C=O) groups excluding carboxylic acids is 3. The van der Waals surface area contributed by atoms with Crippen molar-refractivity contribution in [2.45, 2.75) is 45.4 Å². The maximum absolute atomic E-state index is 12.4. The van der Waals surface area contributed by atoms with Crippen LogP contribution in [0.3, 0.4) is 0 Å². The summed E-state index contributed by atoms with van der Waals surface area (Å²) in [6.07, 6.45) is 9.38. The normalized spacial score (nSPS) is 10.7. The first-order valence-corrected chi connectivity index (χ1v) is 11.9. The zero-order valence-corrected chi connectivity index (χ0v) is 20.6. The minimum Gasteiger partial charge on any atom is -0.494 e. The lowest BCUT2D eigenvalue weighted by Gasteiger charge is -2.07. The molecule has 0 unspecified atom stereocenters. The van der Waals surface area contributed by atoms with Gasteiger partial charge >= 0.3 is 11.9 Å². The lowest BCUT2D eigenvalue weighted by Crippen LogP contribution is -2.06. The minimum absolute atomic E-state index is 0.108. The van der Waals surface area contributed by atoms with E-state index in [1.807, 2.05) is 0 Å². The van der Waals surface area contributed by atoms with Gasteiger partial charge < -0.3 is 14.2 Å². The topological polar surface area (TPSA) is 78.9 Å². The van der Waals surface area contributed by atoms with Crippen molar-refractivity contribution < 1.29 is 28.6 Å². The van der Waals surface area contributed by atoms with Gasteiger partial charge in [-0.1, -0.05) is 50.5 Å². The summed E-state index contributed by atoms with van der Waals surface area (Å²) in [5.74, 6) is -0.0826. The summed E-state index contributed by atoms with van der Waals surface area (Å²) in [7, 11) is 1.34. The minimum atomic E-state index is -0.394. The van der Waals surface area contributed by atoms with E-state index in [-0.39, 0.29) is 11.8 Å². The molecule has 2 aromatic carbocycles. The Morgan fingerprint density at radius 2 is 1.37 bits per heavy atom. The first kappa shape index (κ1) is 27.6. The van der Waals surface area contributed by atoms with Crippen molar-refractivity contribution in [3.05, 3.63) is 83.4 Å². The number of allylic oxidation sites excluding steroid dienone is 1. The summed E-state index contributed by atoms with van der Waals surface area (Å²) in [6, 6.07) is 14.0. The third-order valence-corrected chi connectivity index (χ3v) is 5.29. The largest absolute Gasteiger partial charge is 0.494 e. The number of methoxy groups -OCH3 is 1. The Bertz CT molecular complexity index is 1000. The molecule has 0 atom stereocenters. The van der Waals surface area contributed by atoms with Crippen molar-refractivity contribution >= 4 is 23.8 Å². The Kier molecular flexibility index (Phi) is 12.0. The zero-order chi connectivity index (χ0) is 25.5. The van der Waals surface area contributed by atoms with Gasteiger partial charge in [0.1, 0.15) is 5.75 Å². The fourth-order valence-corrected chi connectivity index (χ4v) is 3.22. The van der Waals surface area contributed by atoms with Crippen molar-refractivity contribution in [1.29, 1.82) is 0 Å². The lowest BCUT2D eigenvalue weighted by molar-refractivity contribution is -0.139. The van der Waals surface area contributed by atoms with E-state index in [4.69, 9.17) is 9.47 Å². The van der Waals surface area contributed by atoms with Gasteiger partial charge in [-0.05, 0) is 67.8 Å². The van der Waals surface area contributed by atoms with Gasteiger partial charge in [0, 0.05) is 11.1 Å². The predicted octanol–water partition coefficient (Wildman–Crippen LogP) is 6.21. The summed E-state index contributed by atoms with van der Waals surface area (Å²) in [6.45, 7) is 6.29. The predicted molar refractivity (Wildman–Crippen MR) is 137 cm³/mol. The molecule has 6 heteroatoms. The Morgan fingerprint density at radius 3 is 1.97 bits per heavy atom. The first-order chi connectivity index (χ1) is 16.9. The quantitative estimate of drug-likeness (QED) is 0.131. The molecule has 0 saturated carbocycles. The van der Waals surface area contributed by atoms with Gasteiger partial charge in [-0.3, -0.25) is 4.79 Å². The summed E-state index contributed by atoms with van der Waals surface area (Å²) < 4.78 is 15.5. The van der Waals surface area contributed by atoms with Crippen LogP contribution in [0.15, 0.2) is 66.8 Å². The van der Waals surface area contributed by atoms with Gasteiger partial charge in [0.05, 0.1) is 25.9 Å². The lowest BCUT2D eigenvalue weighted by atomic mass is 10.1. The van der Waals surface area contributed by atoms with Gasteiger partial charge in [-0.2, -0.15) is 0 Å². The molecule has 0 bridgehead atoms. The summed E-state index contributed by atoms with van der Waals surface area (Å²) >= 11 is 0. The number of rotatable bonds is 15. The highest BCUT2D eigenvalue weighted by atomic mass is 16.5. The molecule has 0 aromatic heterocycles. The molecule has 0 heterocycles. The van der Waals surface area contributed by atoms with Crippen LogP contribution in [0.2, 0.25) is 0 Å². The molecule has 0 aliphatic rings. The molecule has 0 spiro atoms. The van der Waals surface area contributed by atoms with Crippen LogP contribution in [-0.2, 0) is 14.3 Å². The summed E-state index contributed by atoms with van der Waals surface area (Å²) in [5, 5.41) is 0. The monoisotopic (exact) mass is 478 g/mol. The number of ketones is 1. The van der Waals surface area contributed by atoms with Crippen molar-refractivity contribution in [2.75, 3.05) is 20.3 Å². The molecule has 0 amide bonds. The van der Waals surface area contributed by atoms with Crippen LogP contribution >= 0.6 is 0 Å². The van der Waals surface area contributed by atoms with Gasteiger partial charge in [0.25, 0.3) is 0 Å². The molecule has 0 aliphatic heterocycles. The molecule has 0 N–H and O–H groups in total. The molecule has 0 radical (unpaired) electrons. The number of carbonyl (C=O) groups is 3. The molecule has 186 valence electrons. The molecule has 35 heavy (non-hydrogen) atoms. The second kappa shape index (κ2) is 15.3. The average molecular weight is 479 g/mol. The van der Waals surface area contributed by atoms with Crippen molar-refractivity contribution in [1.82, 2.24) is 0 Å². The SMILES string of the molecule is C=C(C)C(=O)OCCCCCCCCOc1ccc(C(=O)/C=C/c2ccc(C(=O)OC)cc2)cc1.